The Balaban J connectivity index is 2.07. The largest absolute Gasteiger partial charge is 0.306 e. The molecule has 0 aliphatic rings. The topological polar surface area (TPSA) is 29.9 Å². The fraction of sp³-hybridized carbons (Fsp3) is 0.357. The Morgan fingerprint density at radius 2 is 2.11 bits per heavy atom. The molecule has 5 heteroatoms. The van der Waals surface area contributed by atoms with Gasteiger partial charge in [-0.25, -0.2) is 8.78 Å². The number of benzene rings is 1. The summed E-state index contributed by atoms with van der Waals surface area (Å²) in [6.07, 6.45) is 1.77. The zero-order valence-corrected chi connectivity index (χ0v) is 11.2. The molecule has 3 nitrogen and oxygen atoms in total. The van der Waals surface area contributed by atoms with E-state index in [1.54, 1.807) is 10.9 Å². The standard InChI is InChI=1S/C14H17F2N3/c1-9(13-6-12(15)4-5-14(13)16)17-7-11-8-18-19(3)10(11)2/h4-6,8-9,17H,7H2,1-3H3. The van der Waals surface area contributed by atoms with Gasteiger partial charge in [-0.3, -0.25) is 4.68 Å². The molecule has 19 heavy (non-hydrogen) atoms. The van der Waals surface area contributed by atoms with E-state index in [0.717, 1.165) is 23.4 Å². The maximum atomic E-state index is 13.6. The first-order valence-corrected chi connectivity index (χ1v) is 6.15. The van der Waals surface area contributed by atoms with Crippen molar-refractivity contribution in [1.29, 1.82) is 0 Å². The molecule has 1 atom stereocenters. The summed E-state index contributed by atoms with van der Waals surface area (Å²) >= 11 is 0. The van der Waals surface area contributed by atoms with Crippen LogP contribution in [0.1, 0.15) is 29.8 Å². The fourth-order valence-electron chi connectivity index (χ4n) is 1.94. The van der Waals surface area contributed by atoms with Crippen LogP contribution in [0.3, 0.4) is 0 Å². The predicted octanol–water partition coefficient (Wildman–Crippen LogP) is 2.86. The van der Waals surface area contributed by atoms with E-state index in [2.05, 4.69) is 10.4 Å². The predicted molar refractivity (Wildman–Crippen MR) is 69.6 cm³/mol. The van der Waals surface area contributed by atoms with Gasteiger partial charge >= 0.3 is 0 Å². The second-order valence-corrected chi connectivity index (χ2v) is 4.65. The van der Waals surface area contributed by atoms with E-state index in [-0.39, 0.29) is 6.04 Å². The van der Waals surface area contributed by atoms with Gasteiger partial charge in [0.2, 0.25) is 0 Å². The highest BCUT2D eigenvalue weighted by Gasteiger charge is 2.12. The summed E-state index contributed by atoms with van der Waals surface area (Å²) in [5, 5.41) is 7.32. The Morgan fingerprint density at radius 3 is 2.74 bits per heavy atom. The molecule has 0 saturated carbocycles. The third-order valence-electron chi connectivity index (χ3n) is 3.36. The van der Waals surface area contributed by atoms with Gasteiger partial charge in [-0.15, -0.1) is 0 Å². The van der Waals surface area contributed by atoms with Gasteiger partial charge in [0.25, 0.3) is 0 Å². The van der Waals surface area contributed by atoms with E-state index in [1.807, 2.05) is 20.9 Å². The van der Waals surface area contributed by atoms with Gasteiger partial charge in [0.15, 0.2) is 0 Å². The highest BCUT2D eigenvalue weighted by atomic mass is 19.1. The van der Waals surface area contributed by atoms with Gasteiger partial charge in [-0.2, -0.15) is 5.10 Å². The average molecular weight is 265 g/mol. The molecule has 0 amide bonds. The highest BCUT2D eigenvalue weighted by molar-refractivity contribution is 5.22. The molecule has 1 unspecified atom stereocenters. The summed E-state index contributed by atoms with van der Waals surface area (Å²) in [4.78, 5) is 0. The van der Waals surface area contributed by atoms with Crippen molar-refractivity contribution >= 4 is 0 Å². The lowest BCUT2D eigenvalue weighted by atomic mass is 10.1. The molecule has 2 aromatic rings. The summed E-state index contributed by atoms with van der Waals surface area (Å²) in [5.74, 6) is -0.827. The molecule has 0 spiro atoms. The van der Waals surface area contributed by atoms with Crippen LogP contribution >= 0.6 is 0 Å². The van der Waals surface area contributed by atoms with E-state index >= 15 is 0 Å². The van der Waals surface area contributed by atoms with Crippen molar-refractivity contribution in [2.75, 3.05) is 0 Å². The minimum atomic E-state index is -0.428. The zero-order valence-electron chi connectivity index (χ0n) is 11.2. The molecule has 1 N–H and O–H groups in total. The zero-order chi connectivity index (χ0) is 14.0. The van der Waals surface area contributed by atoms with Crippen LogP contribution in [-0.4, -0.2) is 9.78 Å². The molecule has 1 heterocycles. The van der Waals surface area contributed by atoms with E-state index in [0.29, 0.717) is 12.1 Å². The van der Waals surface area contributed by atoms with Crippen molar-refractivity contribution in [3.63, 3.8) is 0 Å². The van der Waals surface area contributed by atoms with Gasteiger partial charge in [0.1, 0.15) is 11.6 Å². The summed E-state index contributed by atoms with van der Waals surface area (Å²) in [5.41, 5.74) is 2.44. The number of nitrogens with zero attached hydrogens (tertiary/aromatic N) is 2. The number of nitrogens with one attached hydrogen (secondary N) is 1. The van der Waals surface area contributed by atoms with Gasteiger partial charge in [-0.05, 0) is 32.0 Å². The van der Waals surface area contributed by atoms with Crippen LogP contribution in [0.4, 0.5) is 8.78 Å². The lowest BCUT2D eigenvalue weighted by Crippen LogP contribution is -2.19. The smallest absolute Gasteiger partial charge is 0.128 e. The Kier molecular flexibility index (Phi) is 3.95. The Labute approximate surface area is 111 Å². The van der Waals surface area contributed by atoms with Crippen molar-refractivity contribution in [3.8, 4) is 0 Å². The molecule has 2 rings (SSSR count). The van der Waals surface area contributed by atoms with E-state index in [4.69, 9.17) is 0 Å². The molecule has 1 aromatic heterocycles. The van der Waals surface area contributed by atoms with Crippen LogP contribution in [0, 0.1) is 18.6 Å². The number of aromatic nitrogens is 2. The van der Waals surface area contributed by atoms with Crippen molar-refractivity contribution in [2.24, 2.45) is 7.05 Å². The lowest BCUT2D eigenvalue weighted by molar-refractivity contribution is 0.518. The van der Waals surface area contributed by atoms with E-state index in [1.165, 1.54) is 6.07 Å². The Hall–Kier alpha value is -1.75. The maximum absolute atomic E-state index is 13.6. The molecule has 0 aliphatic carbocycles. The normalized spacial score (nSPS) is 12.7. The van der Waals surface area contributed by atoms with Crippen LogP contribution in [0.25, 0.3) is 0 Å². The minimum Gasteiger partial charge on any atom is -0.306 e. The summed E-state index contributed by atoms with van der Waals surface area (Å²) in [6.45, 7) is 4.35. The number of aryl methyl sites for hydroxylation is 1. The Bertz CT molecular complexity index is 578. The maximum Gasteiger partial charge on any atom is 0.128 e. The molecule has 102 valence electrons. The van der Waals surface area contributed by atoms with Gasteiger partial charge in [0.05, 0.1) is 6.20 Å². The molecule has 0 aliphatic heterocycles. The molecular weight excluding hydrogens is 248 g/mol. The van der Waals surface area contributed by atoms with Crippen molar-refractivity contribution in [2.45, 2.75) is 26.4 Å². The first-order chi connectivity index (χ1) is 8.99. The summed E-state index contributed by atoms with van der Waals surface area (Å²) in [7, 11) is 1.87. The number of hydrogen-bond donors (Lipinski definition) is 1. The summed E-state index contributed by atoms with van der Waals surface area (Å²) in [6, 6.07) is 3.23. The molecule has 0 saturated heterocycles. The third kappa shape index (κ3) is 2.98. The van der Waals surface area contributed by atoms with Gasteiger partial charge in [0, 0.05) is 36.5 Å². The average Bonchev–Trinajstić information content (AvgIpc) is 2.70. The van der Waals surface area contributed by atoms with Crippen LogP contribution in [-0.2, 0) is 13.6 Å². The molecule has 1 aromatic carbocycles. The van der Waals surface area contributed by atoms with Crippen LogP contribution in [0.15, 0.2) is 24.4 Å². The minimum absolute atomic E-state index is 0.268. The van der Waals surface area contributed by atoms with Crippen LogP contribution in [0.5, 0.6) is 0 Å². The summed E-state index contributed by atoms with van der Waals surface area (Å²) < 4.78 is 28.5. The SMILES string of the molecule is Cc1c(CNC(C)c2cc(F)ccc2F)cnn1C. The fourth-order valence-corrected chi connectivity index (χ4v) is 1.94. The molecular formula is C14H17F2N3. The second-order valence-electron chi connectivity index (χ2n) is 4.65. The quantitative estimate of drug-likeness (QED) is 0.921. The lowest BCUT2D eigenvalue weighted by Gasteiger charge is -2.15. The van der Waals surface area contributed by atoms with Crippen molar-refractivity contribution in [3.05, 3.63) is 52.9 Å². The van der Waals surface area contributed by atoms with Gasteiger partial charge in [-0.1, -0.05) is 0 Å². The monoisotopic (exact) mass is 265 g/mol. The van der Waals surface area contributed by atoms with Crippen molar-refractivity contribution in [1.82, 2.24) is 15.1 Å². The number of hydrogen-bond acceptors (Lipinski definition) is 2. The molecule has 0 bridgehead atoms. The Morgan fingerprint density at radius 1 is 1.37 bits per heavy atom. The van der Waals surface area contributed by atoms with E-state index < -0.39 is 11.6 Å². The van der Waals surface area contributed by atoms with E-state index in [9.17, 15) is 8.78 Å². The highest BCUT2D eigenvalue weighted by Crippen LogP contribution is 2.18. The first-order valence-electron chi connectivity index (χ1n) is 6.15. The van der Waals surface area contributed by atoms with Gasteiger partial charge < -0.3 is 5.32 Å². The van der Waals surface area contributed by atoms with Crippen LogP contribution in [0.2, 0.25) is 0 Å². The second kappa shape index (κ2) is 5.48. The first kappa shape index (κ1) is 13.7. The number of rotatable bonds is 4. The third-order valence-corrected chi connectivity index (χ3v) is 3.36. The number of halogens is 2. The van der Waals surface area contributed by atoms with Crippen LogP contribution < -0.4 is 5.32 Å². The van der Waals surface area contributed by atoms with Crippen molar-refractivity contribution < 1.29 is 8.78 Å². The molecule has 0 radical (unpaired) electrons. The molecule has 0 fully saturated rings.